The Morgan fingerprint density at radius 3 is 1.61 bits per heavy atom. The number of hydrogen-bond acceptors (Lipinski definition) is 0. The van der Waals surface area contributed by atoms with Crippen LogP contribution in [0.1, 0.15) is 122 Å². The molecule has 0 aliphatic heterocycles. The molecule has 0 heterocycles. The maximum absolute atomic E-state index is 2.47. The van der Waals surface area contributed by atoms with Crippen molar-refractivity contribution < 1.29 is 0 Å². The van der Waals surface area contributed by atoms with E-state index in [0.717, 1.165) is 5.92 Å². The molecular formula is C28H44. The minimum absolute atomic E-state index is 0.756. The second-order valence-corrected chi connectivity index (χ2v) is 8.77. The quantitative estimate of drug-likeness (QED) is 0.254. The molecule has 0 aromatic heterocycles. The molecule has 0 nitrogen and oxygen atoms in total. The summed E-state index contributed by atoms with van der Waals surface area (Å²) in [7, 11) is 0. The summed E-state index contributed by atoms with van der Waals surface area (Å²) in [6.45, 7) is 4.61. The molecule has 0 amide bonds. The van der Waals surface area contributed by atoms with Gasteiger partial charge in [0.25, 0.3) is 0 Å². The van der Waals surface area contributed by atoms with E-state index >= 15 is 0 Å². The van der Waals surface area contributed by atoms with Gasteiger partial charge >= 0.3 is 0 Å². The van der Waals surface area contributed by atoms with Gasteiger partial charge in [-0.25, -0.2) is 0 Å². The van der Waals surface area contributed by atoms with Crippen molar-refractivity contribution in [2.45, 2.75) is 116 Å². The van der Waals surface area contributed by atoms with Crippen molar-refractivity contribution in [1.82, 2.24) is 0 Å². The van der Waals surface area contributed by atoms with Crippen LogP contribution in [0.3, 0.4) is 0 Å². The highest BCUT2D eigenvalue weighted by molar-refractivity contribution is 5.83. The van der Waals surface area contributed by atoms with Crippen molar-refractivity contribution in [2.24, 2.45) is 0 Å². The molecule has 28 heavy (non-hydrogen) atoms. The van der Waals surface area contributed by atoms with E-state index in [9.17, 15) is 0 Å². The number of unbranched alkanes of at least 4 members (excludes halogenated alkanes) is 11. The Bertz CT molecular complexity index is 627. The van der Waals surface area contributed by atoms with Crippen LogP contribution in [0.25, 0.3) is 10.8 Å². The largest absolute Gasteiger partial charge is 0.0654 e. The normalized spacial score (nSPS) is 12.5. The summed E-state index contributed by atoms with van der Waals surface area (Å²) in [5.41, 5.74) is 1.58. The van der Waals surface area contributed by atoms with Gasteiger partial charge in [-0.05, 0) is 35.1 Å². The first-order chi connectivity index (χ1) is 13.8. The molecule has 0 heteroatoms. The zero-order valence-electron chi connectivity index (χ0n) is 18.7. The van der Waals surface area contributed by atoms with Crippen LogP contribution in [0.4, 0.5) is 0 Å². The lowest BCUT2D eigenvalue weighted by Gasteiger charge is -2.18. The van der Waals surface area contributed by atoms with Gasteiger partial charge in [0.2, 0.25) is 0 Å². The highest BCUT2D eigenvalue weighted by Crippen LogP contribution is 2.31. The van der Waals surface area contributed by atoms with Crippen LogP contribution in [0.5, 0.6) is 0 Å². The molecule has 0 spiro atoms. The fourth-order valence-corrected chi connectivity index (χ4v) is 4.46. The van der Waals surface area contributed by atoms with E-state index in [1.54, 1.807) is 5.56 Å². The van der Waals surface area contributed by atoms with Crippen LogP contribution < -0.4 is 0 Å². The van der Waals surface area contributed by atoms with Gasteiger partial charge in [0.05, 0.1) is 0 Å². The molecule has 0 radical (unpaired) electrons. The number of hydrogen-bond donors (Lipinski definition) is 0. The molecule has 2 aromatic carbocycles. The van der Waals surface area contributed by atoms with Gasteiger partial charge in [-0.15, -0.1) is 0 Å². The van der Waals surface area contributed by atoms with Gasteiger partial charge in [0.1, 0.15) is 0 Å². The second kappa shape index (κ2) is 14.7. The third-order valence-corrected chi connectivity index (χ3v) is 6.31. The lowest BCUT2D eigenvalue weighted by atomic mass is 9.87. The smallest absolute Gasteiger partial charge is 0.0162 e. The zero-order chi connectivity index (χ0) is 19.9. The van der Waals surface area contributed by atoms with Crippen LogP contribution in [0, 0.1) is 0 Å². The summed E-state index contributed by atoms with van der Waals surface area (Å²) in [5.74, 6) is 0.756. The molecule has 0 fully saturated rings. The molecule has 156 valence electrons. The van der Waals surface area contributed by atoms with Crippen molar-refractivity contribution in [3.05, 3.63) is 48.0 Å². The minimum Gasteiger partial charge on any atom is -0.0654 e. The zero-order valence-corrected chi connectivity index (χ0v) is 18.7. The van der Waals surface area contributed by atoms with Gasteiger partial charge in [-0.1, -0.05) is 140 Å². The number of fused-ring (bicyclic) bond motifs is 1. The molecule has 1 atom stereocenters. The van der Waals surface area contributed by atoms with E-state index in [4.69, 9.17) is 0 Å². The molecule has 0 N–H and O–H groups in total. The molecule has 1 unspecified atom stereocenters. The molecule has 2 rings (SSSR count). The molecule has 2 aromatic rings. The van der Waals surface area contributed by atoms with E-state index in [1.165, 1.54) is 107 Å². The molecule has 0 saturated heterocycles. The Morgan fingerprint density at radius 1 is 0.536 bits per heavy atom. The van der Waals surface area contributed by atoms with Crippen LogP contribution in [0.2, 0.25) is 0 Å². The topological polar surface area (TPSA) is 0 Å². The van der Waals surface area contributed by atoms with Crippen LogP contribution in [0.15, 0.2) is 42.5 Å². The SMILES string of the molecule is CCCCCCCCCCC(CCCCCCC)c1ccc2ccccc2c1. The van der Waals surface area contributed by atoms with E-state index in [2.05, 4.69) is 56.3 Å². The van der Waals surface area contributed by atoms with Crippen molar-refractivity contribution in [3.63, 3.8) is 0 Å². The van der Waals surface area contributed by atoms with Crippen molar-refractivity contribution in [1.29, 1.82) is 0 Å². The number of rotatable bonds is 16. The standard InChI is InChI=1S/C28H44/c1-3-5-7-9-10-11-13-15-19-25(18-14-12-8-6-4-2)28-23-22-26-20-16-17-21-27(26)24-28/h16-17,20-25H,3-15,18-19H2,1-2H3. The van der Waals surface area contributed by atoms with E-state index in [-0.39, 0.29) is 0 Å². The Kier molecular flexibility index (Phi) is 12.0. The van der Waals surface area contributed by atoms with Crippen molar-refractivity contribution in [2.75, 3.05) is 0 Å². The van der Waals surface area contributed by atoms with E-state index in [0.29, 0.717) is 0 Å². The lowest BCUT2D eigenvalue weighted by molar-refractivity contribution is 0.486. The Balaban J connectivity index is 1.83. The number of benzene rings is 2. The molecule has 0 aliphatic rings. The minimum atomic E-state index is 0.756. The van der Waals surface area contributed by atoms with Gasteiger partial charge in [0.15, 0.2) is 0 Å². The summed E-state index contributed by atoms with van der Waals surface area (Å²) in [5, 5.41) is 2.78. The molecular weight excluding hydrogens is 336 g/mol. The van der Waals surface area contributed by atoms with Crippen LogP contribution in [-0.4, -0.2) is 0 Å². The monoisotopic (exact) mass is 380 g/mol. The first-order valence-corrected chi connectivity index (χ1v) is 12.3. The molecule has 0 saturated carbocycles. The van der Waals surface area contributed by atoms with Crippen molar-refractivity contribution in [3.8, 4) is 0 Å². The maximum Gasteiger partial charge on any atom is -0.0162 e. The van der Waals surface area contributed by atoms with Crippen molar-refractivity contribution >= 4 is 10.8 Å². The van der Waals surface area contributed by atoms with Crippen LogP contribution >= 0.6 is 0 Å². The maximum atomic E-state index is 2.47. The summed E-state index contributed by atoms with van der Waals surface area (Å²) >= 11 is 0. The fraction of sp³-hybridized carbons (Fsp3) is 0.643. The predicted octanol–water partition coefficient (Wildman–Crippen LogP) is 9.81. The Morgan fingerprint density at radius 2 is 1.04 bits per heavy atom. The van der Waals surface area contributed by atoms with Gasteiger partial charge in [-0.3, -0.25) is 0 Å². The predicted molar refractivity (Wildman–Crippen MR) is 127 cm³/mol. The van der Waals surface area contributed by atoms with Gasteiger partial charge < -0.3 is 0 Å². The Labute approximate surface area is 175 Å². The average Bonchev–Trinajstić information content (AvgIpc) is 2.73. The average molecular weight is 381 g/mol. The van der Waals surface area contributed by atoms with Gasteiger partial charge in [-0.2, -0.15) is 0 Å². The second-order valence-electron chi connectivity index (χ2n) is 8.77. The van der Waals surface area contributed by atoms with Gasteiger partial charge in [0, 0.05) is 0 Å². The highest BCUT2D eigenvalue weighted by Gasteiger charge is 2.12. The summed E-state index contributed by atoms with van der Waals surface area (Å²) in [6, 6.07) is 16.0. The third-order valence-electron chi connectivity index (χ3n) is 6.31. The molecule has 0 aliphatic carbocycles. The molecule has 0 bridgehead atoms. The first kappa shape index (κ1) is 23.0. The van der Waals surface area contributed by atoms with E-state index < -0.39 is 0 Å². The highest BCUT2D eigenvalue weighted by atomic mass is 14.2. The summed E-state index contributed by atoms with van der Waals surface area (Å²) in [6.07, 6.45) is 21.1. The third kappa shape index (κ3) is 8.80. The Hall–Kier alpha value is -1.30. The first-order valence-electron chi connectivity index (χ1n) is 12.3. The van der Waals surface area contributed by atoms with E-state index in [1.807, 2.05) is 0 Å². The summed E-state index contributed by atoms with van der Waals surface area (Å²) < 4.78 is 0. The van der Waals surface area contributed by atoms with Crippen LogP contribution in [-0.2, 0) is 0 Å². The lowest BCUT2D eigenvalue weighted by Crippen LogP contribution is -2.00. The fourth-order valence-electron chi connectivity index (χ4n) is 4.46. The summed E-state index contributed by atoms with van der Waals surface area (Å²) in [4.78, 5) is 0.